The molecule has 1 aromatic heterocycles. The fourth-order valence-electron chi connectivity index (χ4n) is 4.35. The lowest BCUT2D eigenvalue weighted by Gasteiger charge is -2.20. The minimum absolute atomic E-state index is 0.107. The molecule has 5 rings (SSSR count). The van der Waals surface area contributed by atoms with E-state index in [2.05, 4.69) is 41.6 Å². The number of hydrogen-bond donors (Lipinski definition) is 0. The number of rotatable bonds is 8. The smallest absolute Gasteiger partial charge is 0.254 e. The van der Waals surface area contributed by atoms with E-state index in [-0.39, 0.29) is 12.7 Å². The van der Waals surface area contributed by atoms with Gasteiger partial charge in [-0.15, -0.1) is 11.3 Å². The molecule has 2 aromatic carbocycles. The summed E-state index contributed by atoms with van der Waals surface area (Å²) in [6, 6.07) is 12.4. The Hall–Kier alpha value is -2.57. The van der Waals surface area contributed by atoms with Gasteiger partial charge in [0.15, 0.2) is 11.5 Å². The van der Waals surface area contributed by atoms with Gasteiger partial charge in [-0.05, 0) is 79.5 Å². The zero-order valence-electron chi connectivity index (χ0n) is 17.2. The molecule has 0 bridgehead atoms. The van der Waals surface area contributed by atoms with E-state index in [1.165, 1.54) is 15.6 Å². The van der Waals surface area contributed by atoms with Crippen LogP contribution < -0.4 is 9.47 Å². The first kappa shape index (κ1) is 19.4. The first-order chi connectivity index (χ1) is 14.7. The van der Waals surface area contributed by atoms with Crippen LogP contribution in [0, 0.1) is 0 Å². The molecule has 2 aliphatic heterocycles. The van der Waals surface area contributed by atoms with E-state index in [9.17, 15) is 4.79 Å². The molecule has 3 aromatic rings. The normalized spacial score (nSPS) is 14.9. The van der Waals surface area contributed by atoms with Gasteiger partial charge in [0, 0.05) is 23.4 Å². The van der Waals surface area contributed by atoms with Crippen molar-refractivity contribution in [3.05, 3.63) is 58.5 Å². The number of fused-ring (bicyclic) bond motifs is 3. The van der Waals surface area contributed by atoms with Crippen LogP contribution in [0.2, 0.25) is 0 Å². The van der Waals surface area contributed by atoms with E-state index in [0.717, 1.165) is 55.8 Å². The highest BCUT2D eigenvalue weighted by Gasteiger charge is 2.30. The Morgan fingerprint density at radius 2 is 1.90 bits per heavy atom. The number of hydrogen-bond acceptors (Lipinski definition) is 5. The number of thiophene rings is 1. The summed E-state index contributed by atoms with van der Waals surface area (Å²) in [5.41, 5.74) is 3.26. The maximum Gasteiger partial charge on any atom is 0.254 e. The highest BCUT2D eigenvalue weighted by atomic mass is 32.1. The molecule has 0 saturated heterocycles. The van der Waals surface area contributed by atoms with Gasteiger partial charge >= 0.3 is 0 Å². The Bertz CT molecular complexity index is 1080. The standard InChI is InChI=1S/C24H26N2O3S/c1-25(9-4-6-17-15-30-23-8-3-2-7-19(17)23)10-5-11-26-14-18-12-21-22(29-16-28-21)13-20(18)24(26)27/h2-3,7-8,12-13,15H,4-6,9-11,14,16H2,1H3. The van der Waals surface area contributed by atoms with E-state index >= 15 is 0 Å². The predicted octanol–water partition coefficient (Wildman–Crippen LogP) is 4.54. The summed E-state index contributed by atoms with van der Waals surface area (Å²) < 4.78 is 12.2. The molecule has 0 fully saturated rings. The highest BCUT2D eigenvalue weighted by Crippen LogP contribution is 2.38. The second kappa shape index (κ2) is 8.28. The Morgan fingerprint density at radius 3 is 2.80 bits per heavy atom. The van der Waals surface area contributed by atoms with Crippen molar-refractivity contribution >= 4 is 27.3 Å². The lowest BCUT2D eigenvalue weighted by atomic mass is 10.1. The number of carbonyl (C=O) groups is 1. The molecular formula is C24H26N2O3S. The first-order valence-electron chi connectivity index (χ1n) is 10.5. The lowest BCUT2D eigenvalue weighted by Crippen LogP contribution is -2.29. The fraction of sp³-hybridized carbons (Fsp3) is 0.375. The number of aryl methyl sites for hydroxylation is 1. The van der Waals surface area contributed by atoms with Gasteiger partial charge in [-0.2, -0.15) is 0 Å². The minimum Gasteiger partial charge on any atom is -0.454 e. The van der Waals surface area contributed by atoms with Gasteiger partial charge < -0.3 is 19.3 Å². The highest BCUT2D eigenvalue weighted by molar-refractivity contribution is 7.17. The van der Waals surface area contributed by atoms with Gasteiger partial charge in [0.1, 0.15) is 0 Å². The summed E-state index contributed by atoms with van der Waals surface area (Å²) in [6.07, 6.45) is 3.24. The Kier molecular flexibility index (Phi) is 5.35. The molecule has 0 unspecified atom stereocenters. The van der Waals surface area contributed by atoms with E-state index in [1.807, 2.05) is 28.4 Å². The van der Waals surface area contributed by atoms with Gasteiger partial charge in [-0.25, -0.2) is 0 Å². The van der Waals surface area contributed by atoms with Crippen molar-refractivity contribution in [2.75, 3.05) is 33.5 Å². The van der Waals surface area contributed by atoms with Crippen LogP contribution in [0.3, 0.4) is 0 Å². The maximum absolute atomic E-state index is 12.7. The Morgan fingerprint density at radius 1 is 1.10 bits per heavy atom. The number of amides is 1. The molecule has 0 aliphatic carbocycles. The van der Waals surface area contributed by atoms with Crippen LogP contribution in [-0.2, 0) is 13.0 Å². The SMILES string of the molecule is CN(CCCc1csc2ccccc12)CCCN1Cc2cc3c(cc2C1=O)OCO3. The van der Waals surface area contributed by atoms with Crippen molar-refractivity contribution in [2.45, 2.75) is 25.8 Å². The fourth-order valence-corrected chi connectivity index (χ4v) is 5.35. The average Bonchev–Trinajstić information content (AvgIpc) is 3.45. The third-order valence-corrected chi connectivity index (χ3v) is 7.00. The molecule has 6 heteroatoms. The molecule has 156 valence electrons. The van der Waals surface area contributed by atoms with Gasteiger partial charge in [0.25, 0.3) is 5.91 Å². The lowest BCUT2D eigenvalue weighted by molar-refractivity contribution is 0.0771. The summed E-state index contributed by atoms with van der Waals surface area (Å²) >= 11 is 1.84. The number of nitrogens with zero attached hydrogens (tertiary/aromatic N) is 2. The number of benzene rings is 2. The number of ether oxygens (including phenoxy) is 2. The predicted molar refractivity (Wildman–Crippen MR) is 120 cm³/mol. The number of carbonyl (C=O) groups excluding carboxylic acids is 1. The molecule has 30 heavy (non-hydrogen) atoms. The minimum atomic E-state index is 0.107. The van der Waals surface area contributed by atoms with Crippen LogP contribution in [0.5, 0.6) is 11.5 Å². The molecule has 3 heterocycles. The van der Waals surface area contributed by atoms with Gasteiger partial charge in [-0.1, -0.05) is 18.2 Å². The Balaban J connectivity index is 1.07. The largest absolute Gasteiger partial charge is 0.454 e. The van der Waals surface area contributed by atoms with Crippen molar-refractivity contribution in [3.8, 4) is 11.5 Å². The molecule has 0 spiro atoms. The van der Waals surface area contributed by atoms with Crippen molar-refractivity contribution < 1.29 is 14.3 Å². The molecule has 0 saturated carbocycles. The Labute approximate surface area is 180 Å². The van der Waals surface area contributed by atoms with Crippen LogP contribution >= 0.6 is 11.3 Å². The first-order valence-corrected chi connectivity index (χ1v) is 11.4. The van der Waals surface area contributed by atoms with Crippen LogP contribution in [0.4, 0.5) is 0 Å². The summed E-state index contributed by atoms with van der Waals surface area (Å²) in [7, 11) is 2.17. The van der Waals surface area contributed by atoms with Crippen LogP contribution in [0.15, 0.2) is 41.8 Å². The molecule has 1 amide bonds. The summed E-state index contributed by atoms with van der Waals surface area (Å²) in [6.45, 7) is 3.75. The summed E-state index contributed by atoms with van der Waals surface area (Å²) in [5.74, 6) is 1.54. The van der Waals surface area contributed by atoms with E-state index in [4.69, 9.17) is 9.47 Å². The van der Waals surface area contributed by atoms with Crippen molar-refractivity contribution in [2.24, 2.45) is 0 Å². The van der Waals surface area contributed by atoms with Crippen LogP contribution in [-0.4, -0.2) is 49.2 Å². The zero-order chi connectivity index (χ0) is 20.5. The molecule has 0 radical (unpaired) electrons. The van der Waals surface area contributed by atoms with Crippen molar-refractivity contribution in [1.29, 1.82) is 0 Å². The average molecular weight is 423 g/mol. The maximum atomic E-state index is 12.7. The topological polar surface area (TPSA) is 42.0 Å². The third-order valence-electron chi connectivity index (χ3n) is 5.99. The van der Waals surface area contributed by atoms with E-state index < -0.39 is 0 Å². The van der Waals surface area contributed by atoms with Crippen LogP contribution in [0.1, 0.15) is 34.3 Å². The van der Waals surface area contributed by atoms with E-state index in [0.29, 0.717) is 12.3 Å². The van der Waals surface area contributed by atoms with Crippen LogP contribution in [0.25, 0.3) is 10.1 Å². The summed E-state index contributed by atoms with van der Waals surface area (Å²) in [5, 5.41) is 3.70. The monoisotopic (exact) mass is 422 g/mol. The molecule has 0 atom stereocenters. The second-order valence-electron chi connectivity index (χ2n) is 8.11. The van der Waals surface area contributed by atoms with E-state index in [1.54, 1.807) is 0 Å². The van der Waals surface area contributed by atoms with Crippen molar-refractivity contribution in [1.82, 2.24) is 9.80 Å². The molecule has 5 nitrogen and oxygen atoms in total. The summed E-state index contributed by atoms with van der Waals surface area (Å²) in [4.78, 5) is 17.0. The second-order valence-corrected chi connectivity index (χ2v) is 9.02. The van der Waals surface area contributed by atoms with Gasteiger partial charge in [0.05, 0.1) is 0 Å². The van der Waals surface area contributed by atoms with Gasteiger partial charge in [-0.3, -0.25) is 4.79 Å². The third kappa shape index (κ3) is 3.77. The quantitative estimate of drug-likeness (QED) is 0.534. The molecule has 2 aliphatic rings. The zero-order valence-corrected chi connectivity index (χ0v) is 18.0. The van der Waals surface area contributed by atoms with Crippen molar-refractivity contribution in [3.63, 3.8) is 0 Å². The molecular weight excluding hydrogens is 396 g/mol. The van der Waals surface area contributed by atoms with Gasteiger partial charge in [0.2, 0.25) is 6.79 Å². The molecule has 0 N–H and O–H groups in total.